The average molecular weight is 312 g/mol. The number of nitrogens with zero attached hydrogens (tertiary/aromatic N) is 3. The van der Waals surface area contributed by atoms with Gasteiger partial charge >= 0.3 is 6.01 Å². The standard InChI is InChI=1S/C14H8N4O3S/c19-11(13-15-8-4-1-2-6-10(8)22-13)16-14-18-17-12(21-14)9-5-3-7-20-9/h1-7H,(H,16,18,19). The molecule has 0 radical (unpaired) electrons. The van der Waals surface area contributed by atoms with Crippen LogP contribution in [0, 0.1) is 0 Å². The molecule has 0 spiro atoms. The maximum Gasteiger partial charge on any atom is 0.323 e. The van der Waals surface area contributed by atoms with Crippen molar-refractivity contribution in [3.05, 3.63) is 47.7 Å². The Kier molecular flexibility index (Phi) is 2.94. The van der Waals surface area contributed by atoms with E-state index >= 15 is 0 Å². The van der Waals surface area contributed by atoms with Gasteiger partial charge in [0, 0.05) is 0 Å². The molecular formula is C14H8N4O3S. The summed E-state index contributed by atoms with van der Waals surface area (Å²) in [6.45, 7) is 0. The first-order valence-electron chi connectivity index (χ1n) is 6.34. The number of amides is 1. The van der Waals surface area contributed by atoms with Crippen LogP contribution in [-0.2, 0) is 0 Å². The van der Waals surface area contributed by atoms with Gasteiger partial charge in [0.2, 0.25) is 0 Å². The highest BCUT2D eigenvalue weighted by molar-refractivity contribution is 7.20. The van der Waals surface area contributed by atoms with Crippen LogP contribution in [0.5, 0.6) is 0 Å². The molecule has 1 N–H and O–H groups in total. The second-order valence-electron chi connectivity index (χ2n) is 4.33. The summed E-state index contributed by atoms with van der Waals surface area (Å²) in [6, 6.07) is 10.9. The third-order valence-corrected chi connectivity index (χ3v) is 3.90. The zero-order valence-electron chi connectivity index (χ0n) is 11.0. The molecule has 0 saturated heterocycles. The quantitative estimate of drug-likeness (QED) is 0.624. The van der Waals surface area contributed by atoms with Crippen LogP contribution >= 0.6 is 11.3 Å². The Hall–Kier alpha value is -3.00. The normalized spacial score (nSPS) is 10.9. The van der Waals surface area contributed by atoms with Crippen LogP contribution in [0.2, 0.25) is 0 Å². The Morgan fingerprint density at radius 1 is 1.14 bits per heavy atom. The molecule has 8 heteroatoms. The fourth-order valence-electron chi connectivity index (χ4n) is 1.89. The number of anilines is 1. The molecule has 4 aromatic rings. The second-order valence-corrected chi connectivity index (χ2v) is 5.36. The van der Waals surface area contributed by atoms with Crippen molar-refractivity contribution >= 4 is 33.5 Å². The number of aromatic nitrogens is 3. The topological polar surface area (TPSA) is 94.1 Å². The lowest BCUT2D eigenvalue weighted by Gasteiger charge is -1.94. The van der Waals surface area contributed by atoms with Crippen molar-refractivity contribution in [2.75, 3.05) is 5.32 Å². The van der Waals surface area contributed by atoms with E-state index in [-0.39, 0.29) is 11.9 Å². The fourth-order valence-corrected chi connectivity index (χ4v) is 2.75. The molecule has 4 rings (SSSR count). The van der Waals surface area contributed by atoms with Gasteiger partial charge in [-0.25, -0.2) is 4.98 Å². The second kappa shape index (κ2) is 5.08. The molecule has 108 valence electrons. The van der Waals surface area contributed by atoms with Crippen LogP contribution in [0.15, 0.2) is 51.5 Å². The molecule has 3 heterocycles. The zero-order chi connectivity index (χ0) is 14.9. The van der Waals surface area contributed by atoms with Crippen molar-refractivity contribution in [1.82, 2.24) is 15.2 Å². The number of para-hydroxylation sites is 1. The molecule has 0 aliphatic heterocycles. The van der Waals surface area contributed by atoms with E-state index in [0.29, 0.717) is 10.8 Å². The SMILES string of the molecule is O=C(Nc1nnc(-c2ccco2)o1)c1nc2ccccc2s1. The van der Waals surface area contributed by atoms with Gasteiger partial charge in [-0.1, -0.05) is 17.2 Å². The first-order valence-corrected chi connectivity index (χ1v) is 7.15. The van der Waals surface area contributed by atoms with E-state index < -0.39 is 5.91 Å². The third-order valence-electron chi connectivity index (χ3n) is 2.87. The average Bonchev–Trinajstić information content (AvgIpc) is 3.26. The summed E-state index contributed by atoms with van der Waals surface area (Å²) >= 11 is 1.30. The smallest absolute Gasteiger partial charge is 0.323 e. The van der Waals surface area contributed by atoms with E-state index in [4.69, 9.17) is 8.83 Å². The van der Waals surface area contributed by atoms with E-state index in [1.54, 1.807) is 12.1 Å². The number of hydrogen-bond acceptors (Lipinski definition) is 7. The molecule has 1 aromatic carbocycles. The number of carbonyl (C=O) groups is 1. The van der Waals surface area contributed by atoms with Gasteiger partial charge in [-0.05, 0) is 24.3 Å². The van der Waals surface area contributed by atoms with E-state index in [0.717, 1.165) is 10.2 Å². The van der Waals surface area contributed by atoms with Gasteiger partial charge in [-0.3, -0.25) is 10.1 Å². The Morgan fingerprint density at radius 2 is 2.05 bits per heavy atom. The highest BCUT2D eigenvalue weighted by Gasteiger charge is 2.17. The van der Waals surface area contributed by atoms with Gasteiger partial charge in [0.1, 0.15) is 0 Å². The van der Waals surface area contributed by atoms with E-state index in [1.165, 1.54) is 17.6 Å². The first-order chi connectivity index (χ1) is 10.8. The minimum Gasteiger partial charge on any atom is -0.459 e. The number of nitrogens with one attached hydrogen (secondary N) is 1. The van der Waals surface area contributed by atoms with Crippen LogP contribution in [0.3, 0.4) is 0 Å². The summed E-state index contributed by atoms with van der Waals surface area (Å²) in [7, 11) is 0. The summed E-state index contributed by atoms with van der Waals surface area (Å²) in [4.78, 5) is 16.4. The molecule has 0 atom stereocenters. The highest BCUT2D eigenvalue weighted by atomic mass is 32.1. The molecule has 0 aliphatic carbocycles. The predicted molar refractivity (Wildman–Crippen MR) is 79.6 cm³/mol. The Morgan fingerprint density at radius 3 is 2.86 bits per heavy atom. The number of carbonyl (C=O) groups excluding carboxylic acids is 1. The molecule has 0 fully saturated rings. The molecule has 0 saturated carbocycles. The van der Waals surface area contributed by atoms with Crippen molar-refractivity contribution in [3.8, 4) is 11.7 Å². The number of furan rings is 1. The van der Waals surface area contributed by atoms with Crippen LogP contribution in [0.1, 0.15) is 9.80 Å². The number of rotatable bonds is 3. The zero-order valence-corrected chi connectivity index (χ0v) is 11.8. The Bertz CT molecular complexity index is 909. The van der Waals surface area contributed by atoms with Gasteiger partial charge < -0.3 is 8.83 Å². The summed E-state index contributed by atoms with van der Waals surface area (Å²) in [5.41, 5.74) is 0.777. The van der Waals surface area contributed by atoms with Crippen LogP contribution in [0.4, 0.5) is 6.01 Å². The number of benzene rings is 1. The highest BCUT2D eigenvalue weighted by Crippen LogP contribution is 2.23. The molecule has 0 bridgehead atoms. The lowest BCUT2D eigenvalue weighted by Crippen LogP contribution is -2.11. The lowest BCUT2D eigenvalue weighted by molar-refractivity contribution is 0.102. The Balaban J connectivity index is 1.56. The van der Waals surface area contributed by atoms with Gasteiger partial charge in [0.25, 0.3) is 11.8 Å². The van der Waals surface area contributed by atoms with Crippen molar-refractivity contribution in [1.29, 1.82) is 0 Å². The fraction of sp³-hybridized carbons (Fsp3) is 0. The molecule has 7 nitrogen and oxygen atoms in total. The van der Waals surface area contributed by atoms with Gasteiger partial charge in [-0.2, -0.15) is 0 Å². The lowest BCUT2D eigenvalue weighted by atomic mass is 10.3. The molecule has 1 amide bonds. The van der Waals surface area contributed by atoms with E-state index in [9.17, 15) is 4.79 Å². The predicted octanol–water partition coefficient (Wildman–Crippen LogP) is 3.19. The van der Waals surface area contributed by atoms with Crippen molar-refractivity contribution in [2.24, 2.45) is 0 Å². The van der Waals surface area contributed by atoms with Crippen LogP contribution < -0.4 is 5.32 Å². The van der Waals surface area contributed by atoms with Gasteiger partial charge in [0.15, 0.2) is 10.8 Å². The monoisotopic (exact) mass is 312 g/mol. The van der Waals surface area contributed by atoms with Crippen LogP contribution in [-0.4, -0.2) is 21.1 Å². The molecule has 22 heavy (non-hydrogen) atoms. The number of fused-ring (bicyclic) bond motifs is 1. The van der Waals surface area contributed by atoms with E-state index in [1.807, 2.05) is 24.3 Å². The largest absolute Gasteiger partial charge is 0.459 e. The van der Waals surface area contributed by atoms with Gasteiger partial charge in [0.05, 0.1) is 16.5 Å². The molecular weight excluding hydrogens is 304 g/mol. The van der Waals surface area contributed by atoms with Gasteiger partial charge in [-0.15, -0.1) is 16.4 Å². The summed E-state index contributed by atoms with van der Waals surface area (Å²) < 4.78 is 11.4. The first kappa shape index (κ1) is 12.7. The molecule has 0 aliphatic rings. The molecule has 3 aromatic heterocycles. The van der Waals surface area contributed by atoms with Crippen molar-refractivity contribution in [3.63, 3.8) is 0 Å². The van der Waals surface area contributed by atoms with Crippen LogP contribution in [0.25, 0.3) is 21.9 Å². The summed E-state index contributed by atoms with van der Waals surface area (Å²) in [5.74, 6) is 0.244. The molecule has 0 unspecified atom stereocenters. The maximum absolute atomic E-state index is 12.2. The summed E-state index contributed by atoms with van der Waals surface area (Å²) in [6.07, 6.45) is 1.50. The Labute approximate surface area is 127 Å². The van der Waals surface area contributed by atoms with Crippen molar-refractivity contribution < 1.29 is 13.6 Å². The van der Waals surface area contributed by atoms with E-state index in [2.05, 4.69) is 20.5 Å². The maximum atomic E-state index is 12.2. The minimum absolute atomic E-state index is 0.00402. The van der Waals surface area contributed by atoms with Crippen molar-refractivity contribution in [2.45, 2.75) is 0 Å². The minimum atomic E-state index is -0.393. The third kappa shape index (κ3) is 2.25. The number of thiazole rings is 1. The number of hydrogen-bond donors (Lipinski definition) is 1. The summed E-state index contributed by atoms with van der Waals surface area (Å²) in [5, 5.41) is 10.4.